The van der Waals surface area contributed by atoms with E-state index in [2.05, 4.69) is 5.92 Å². The van der Waals surface area contributed by atoms with Crippen molar-refractivity contribution in [3.05, 3.63) is 17.7 Å². The number of rotatable bonds is 7. The van der Waals surface area contributed by atoms with E-state index in [1.54, 1.807) is 14.2 Å². The number of nitrogens with two attached hydrogens (primary N) is 1. The van der Waals surface area contributed by atoms with Gasteiger partial charge in [0.2, 0.25) is 5.75 Å². The van der Waals surface area contributed by atoms with Crippen molar-refractivity contribution in [2.75, 3.05) is 27.4 Å². The maximum atomic E-state index is 5.60. The third-order valence-electron chi connectivity index (χ3n) is 2.45. The smallest absolute Gasteiger partial charge is 0.203 e. The standard InChI is InChI=1S/C14H19NO3/c1-4-5-8-18-14-12(16-2)9-11(6-7-15)10-13(14)17-3/h1,9-10H,5-8,15H2,2-3H3. The van der Waals surface area contributed by atoms with E-state index in [1.165, 1.54) is 0 Å². The molecule has 4 heteroatoms. The number of terminal acetylenes is 1. The number of ether oxygens (including phenoxy) is 3. The van der Waals surface area contributed by atoms with Crippen LogP contribution in [0.5, 0.6) is 17.2 Å². The third kappa shape index (κ3) is 3.57. The van der Waals surface area contributed by atoms with Gasteiger partial charge in [0.15, 0.2) is 11.5 Å². The molecule has 2 N–H and O–H groups in total. The molecular weight excluding hydrogens is 230 g/mol. The minimum atomic E-state index is 0.430. The van der Waals surface area contributed by atoms with Crippen molar-refractivity contribution in [3.8, 4) is 29.6 Å². The van der Waals surface area contributed by atoms with Crippen molar-refractivity contribution in [1.82, 2.24) is 0 Å². The van der Waals surface area contributed by atoms with Gasteiger partial charge in [-0.1, -0.05) is 0 Å². The summed E-state index contributed by atoms with van der Waals surface area (Å²) in [5.41, 5.74) is 6.60. The van der Waals surface area contributed by atoms with Gasteiger partial charge >= 0.3 is 0 Å². The van der Waals surface area contributed by atoms with Crippen LogP contribution < -0.4 is 19.9 Å². The lowest BCUT2D eigenvalue weighted by atomic mass is 10.1. The second kappa shape index (κ2) is 7.46. The molecule has 0 aliphatic carbocycles. The summed E-state index contributed by atoms with van der Waals surface area (Å²) >= 11 is 0. The molecule has 0 unspecified atom stereocenters. The molecule has 0 saturated carbocycles. The Bertz CT molecular complexity index is 399. The molecule has 98 valence electrons. The second-order valence-corrected chi connectivity index (χ2v) is 3.67. The van der Waals surface area contributed by atoms with E-state index in [9.17, 15) is 0 Å². The van der Waals surface area contributed by atoms with Crippen LogP contribution in [0, 0.1) is 12.3 Å². The average molecular weight is 249 g/mol. The van der Waals surface area contributed by atoms with Gasteiger partial charge in [0.1, 0.15) is 0 Å². The highest BCUT2D eigenvalue weighted by Gasteiger charge is 2.13. The molecule has 0 aliphatic rings. The molecule has 0 spiro atoms. The summed E-state index contributed by atoms with van der Waals surface area (Å²) in [5.74, 6) is 4.37. The molecule has 0 aromatic heterocycles. The van der Waals surface area contributed by atoms with Gasteiger partial charge in [-0.3, -0.25) is 0 Å². The Hall–Kier alpha value is -1.86. The van der Waals surface area contributed by atoms with E-state index in [0.29, 0.717) is 36.8 Å². The van der Waals surface area contributed by atoms with Crippen molar-refractivity contribution in [2.24, 2.45) is 5.73 Å². The predicted octanol–water partition coefficient (Wildman–Crippen LogP) is 1.61. The SMILES string of the molecule is C#CCCOc1c(OC)cc(CCN)cc1OC. The van der Waals surface area contributed by atoms with E-state index in [-0.39, 0.29) is 0 Å². The zero-order valence-corrected chi connectivity index (χ0v) is 10.9. The van der Waals surface area contributed by atoms with E-state index >= 15 is 0 Å². The molecule has 1 aromatic carbocycles. The van der Waals surface area contributed by atoms with Gasteiger partial charge in [0.05, 0.1) is 20.8 Å². The molecule has 0 saturated heterocycles. The van der Waals surface area contributed by atoms with Crippen LogP contribution in [-0.4, -0.2) is 27.4 Å². The minimum absolute atomic E-state index is 0.430. The monoisotopic (exact) mass is 249 g/mol. The molecule has 0 fully saturated rings. The summed E-state index contributed by atoms with van der Waals surface area (Å²) in [6.07, 6.45) is 6.49. The Kier molecular flexibility index (Phi) is 5.89. The minimum Gasteiger partial charge on any atom is -0.493 e. The summed E-state index contributed by atoms with van der Waals surface area (Å²) in [5, 5.41) is 0. The average Bonchev–Trinajstić information content (AvgIpc) is 2.40. The Morgan fingerprint density at radius 3 is 2.28 bits per heavy atom. The van der Waals surface area contributed by atoms with E-state index in [4.69, 9.17) is 26.4 Å². The fourth-order valence-corrected chi connectivity index (χ4v) is 1.60. The Morgan fingerprint density at radius 1 is 1.22 bits per heavy atom. The maximum absolute atomic E-state index is 5.60. The topological polar surface area (TPSA) is 53.7 Å². The molecule has 0 bridgehead atoms. The van der Waals surface area contributed by atoms with Crippen LogP contribution in [0.15, 0.2) is 12.1 Å². The summed E-state index contributed by atoms with van der Waals surface area (Å²) < 4.78 is 16.2. The second-order valence-electron chi connectivity index (χ2n) is 3.67. The molecule has 0 atom stereocenters. The summed E-state index contributed by atoms with van der Waals surface area (Å²) in [4.78, 5) is 0. The molecule has 0 aliphatic heterocycles. The first-order valence-corrected chi connectivity index (χ1v) is 5.78. The Balaban J connectivity index is 3.01. The van der Waals surface area contributed by atoms with Crippen molar-refractivity contribution in [3.63, 3.8) is 0 Å². The van der Waals surface area contributed by atoms with Gasteiger partial charge in [-0.15, -0.1) is 12.3 Å². The molecule has 0 heterocycles. The zero-order chi connectivity index (χ0) is 13.4. The molecule has 0 radical (unpaired) electrons. The maximum Gasteiger partial charge on any atom is 0.203 e. The highest BCUT2D eigenvalue weighted by molar-refractivity contribution is 5.54. The largest absolute Gasteiger partial charge is 0.493 e. The number of hydrogen-bond acceptors (Lipinski definition) is 4. The first kappa shape index (κ1) is 14.2. The van der Waals surface area contributed by atoms with E-state index < -0.39 is 0 Å². The Morgan fingerprint density at radius 2 is 1.83 bits per heavy atom. The van der Waals surface area contributed by atoms with Crippen molar-refractivity contribution in [2.45, 2.75) is 12.8 Å². The van der Waals surface area contributed by atoms with E-state index in [0.717, 1.165) is 12.0 Å². The highest BCUT2D eigenvalue weighted by Crippen LogP contribution is 2.38. The number of hydrogen-bond donors (Lipinski definition) is 1. The molecule has 0 amide bonds. The molecule has 18 heavy (non-hydrogen) atoms. The van der Waals surface area contributed by atoms with Crippen molar-refractivity contribution >= 4 is 0 Å². The van der Waals surface area contributed by atoms with Gasteiger partial charge in [0, 0.05) is 6.42 Å². The fraction of sp³-hybridized carbons (Fsp3) is 0.429. The molecule has 1 rings (SSSR count). The number of benzene rings is 1. The lowest BCUT2D eigenvalue weighted by molar-refractivity contribution is 0.280. The van der Waals surface area contributed by atoms with Crippen molar-refractivity contribution in [1.29, 1.82) is 0 Å². The Labute approximate surface area is 108 Å². The summed E-state index contributed by atoms with van der Waals surface area (Å²) in [6, 6.07) is 3.81. The van der Waals surface area contributed by atoms with E-state index in [1.807, 2.05) is 12.1 Å². The quantitative estimate of drug-likeness (QED) is 0.589. The normalized spacial score (nSPS) is 9.67. The molecule has 1 aromatic rings. The van der Waals surface area contributed by atoms with Crippen LogP contribution >= 0.6 is 0 Å². The molecular formula is C14H19NO3. The van der Waals surface area contributed by atoms with Crippen LogP contribution in [-0.2, 0) is 6.42 Å². The lowest BCUT2D eigenvalue weighted by Gasteiger charge is -2.15. The van der Waals surface area contributed by atoms with Gasteiger partial charge in [-0.2, -0.15) is 0 Å². The van der Waals surface area contributed by atoms with Crippen LogP contribution in [0.25, 0.3) is 0 Å². The van der Waals surface area contributed by atoms with Gasteiger partial charge in [0.25, 0.3) is 0 Å². The first-order chi connectivity index (χ1) is 8.76. The first-order valence-electron chi connectivity index (χ1n) is 5.78. The molecule has 4 nitrogen and oxygen atoms in total. The van der Waals surface area contributed by atoms with Gasteiger partial charge in [-0.05, 0) is 30.7 Å². The van der Waals surface area contributed by atoms with Gasteiger partial charge in [-0.25, -0.2) is 0 Å². The van der Waals surface area contributed by atoms with Gasteiger partial charge < -0.3 is 19.9 Å². The predicted molar refractivity (Wildman–Crippen MR) is 71.2 cm³/mol. The third-order valence-corrected chi connectivity index (χ3v) is 2.45. The van der Waals surface area contributed by atoms with Crippen LogP contribution in [0.3, 0.4) is 0 Å². The summed E-state index contributed by atoms with van der Waals surface area (Å²) in [7, 11) is 3.18. The number of methoxy groups -OCH3 is 2. The van der Waals surface area contributed by atoms with Crippen LogP contribution in [0.2, 0.25) is 0 Å². The zero-order valence-electron chi connectivity index (χ0n) is 10.9. The van der Waals surface area contributed by atoms with Crippen molar-refractivity contribution < 1.29 is 14.2 Å². The highest BCUT2D eigenvalue weighted by atomic mass is 16.5. The van der Waals surface area contributed by atoms with Crippen LogP contribution in [0.1, 0.15) is 12.0 Å². The fourth-order valence-electron chi connectivity index (χ4n) is 1.60. The van der Waals surface area contributed by atoms with Crippen LogP contribution in [0.4, 0.5) is 0 Å². The lowest BCUT2D eigenvalue weighted by Crippen LogP contribution is -2.05. The summed E-state index contributed by atoms with van der Waals surface area (Å²) in [6.45, 7) is 1.00.